The van der Waals surface area contributed by atoms with Crippen molar-refractivity contribution in [3.63, 3.8) is 0 Å². The van der Waals surface area contributed by atoms with E-state index in [0.717, 1.165) is 12.0 Å². The Morgan fingerprint density at radius 2 is 2.27 bits per heavy atom. The summed E-state index contributed by atoms with van der Waals surface area (Å²) in [6.07, 6.45) is 2.45. The Labute approximate surface area is 95.1 Å². The molecule has 0 radical (unpaired) electrons. The van der Waals surface area contributed by atoms with Crippen molar-refractivity contribution in [1.82, 2.24) is 4.98 Å². The van der Waals surface area contributed by atoms with Crippen LogP contribution >= 0.6 is 11.6 Å². The number of aromatic nitrogens is 1. The summed E-state index contributed by atoms with van der Waals surface area (Å²) in [6, 6.07) is 3.72. The minimum absolute atomic E-state index is 0.339. The van der Waals surface area contributed by atoms with E-state index in [0.29, 0.717) is 18.4 Å². The van der Waals surface area contributed by atoms with Gasteiger partial charge in [-0.15, -0.1) is 0 Å². The molecule has 1 aromatic rings. The molecule has 4 heteroatoms. The summed E-state index contributed by atoms with van der Waals surface area (Å²) in [6.45, 7) is 4.35. The Kier molecular flexibility index (Phi) is 4.51. The van der Waals surface area contributed by atoms with Crippen molar-refractivity contribution >= 4 is 11.6 Å². The largest absolute Gasteiger partial charge is 0.388 e. The van der Waals surface area contributed by atoms with Crippen LogP contribution < -0.4 is 0 Å². The fourth-order valence-electron chi connectivity index (χ4n) is 1.11. The molecule has 0 saturated carbocycles. The highest BCUT2D eigenvalue weighted by atomic mass is 35.5. The highest BCUT2D eigenvalue weighted by Crippen LogP contribution is 2.08. The van der Waals surface area contributed by atoms with E-state index in [1.54, 1.807) is 20.0 Å². The van der Waals surface area contributed by atoms with Crippen LogP contribution in [0, 0.1) is 0 Å². The second-order valence-corrected chi connectivity index (χ2v) is 4.49. The van der Waals surface area contributed by atoms with E-state index in [1.807, 2.05) is 12.1 Å². The second-order valence-electron chi connectivity index (χ2n) is 4.10. The summed E-state index contributed by atoms with van der Waals surface area (Å²) in [5, 5.41) is 9.90. The zero-order valence-electron chi connectivity index (χ0n) is 9.03. The average molecular weight is 230 g/mol. The summed E-state index contributed by atoms with van der Waals surface area (Å²) in [7, 11) is 0. The minimum atomic E-state index is -0.768. The average Bonchev–Trinajstić information content (AvgIpc) is 2.11. The molecule has 15 heavy (non-hydrogen) atoms. The number of aliphatic hydroxyl groups is 1. The fraction of sp³-hybridized carbons (Fsp3) is 0.545. The summed E-state index contributed by atoms with van der Waals surface area (Å²) in [5.74, 6) is 0. The Hall–Kier alpha value is -0.640. The fourth-order valence-corrected chi connectivity index (χ4v) is 1.31. The smallest absolute Gasteiger partial charge is 0.129 e. The Morgan fingerprint density at radius 1 is 1.53 bits per heavy atom. The van der Waals surface area contributed by atoms with Crippen molar-refractivity contribution in [3.05, 3.63) is 29.0 Å². The number of rotatable bonds is 5. The highest BCUT2D eigenvalue weighted by molar-refractivity contribution is 6.29. The topological polar surface area (TPSA) is 42.4 Å². The van der Waals surface area contributed by atoms with Crippen molar-refractivity contribution in [2.45, 2.75) is 25.9 Å². The van der Waals surface area contributed by atoms with Gasteiger partial charge < -0.3 is 9.84 Å². The standard InChI is InChI=1S/C11H16ClNO2/c1-11(2,14)8-15-6-4-9-3-5-13-10(12)7-9/h3,5,7,14H,4,6,8H2,1-2H3. The van der Waals surface area contributed by atoms with Crippen molar-refractivity contribution in [2.75, 3.05) is 13.2 Å². The summed E-state index contributed by atoms with van der Waals surface area (Å²) in [5.41, 5.74) is 0.321. The van der Waals surface area contributed by atoms with E-state index in [-0.39, 0.29) is 0 Å². The predicted octanol–water partition coefficient (Wildman–Crippen LogP) is 2.06. The van der Waals surface area contributed by atoms with Crippen LogP contribution in [-0.2, 0) is 11.2 Å². The SMILES string of the molecule is CC(C)(O)COCCc1ccnc(Cl)c1. The molecule has 84 valence electrons. The third-order valence-corrected chi connectivity index (χ3v) is 1.99. The van der Waals surface area contributed by atoms with E-state index >= 15 is 0 Å². The molecule has 0 aliphatic rings. The number of hydrogen-bond donors (Lipinski definition) is 1. The first-order chi connectivity index (χ1) is 6.97. The molecule has 0 atom stereocenters. The van der Waals surface area contributed by atoms with E-state index < -0.39 is 5.60 Å². The quantitative estimate of drug-likeness (QED) is 0.621. The molecule has 0 aliphatic carbocycles. The number of hydrogen-bond acceptors (Lipinski definition) is 3. The van der Waals surface area contributed by atoms with Gasteiger partial charge in [0.1, 0.15) is 5.15 Å². The maximum atomic E-state index is 9.40. The Bertz CT molecular complexity index is 310. The van der Waals surface area contributed by atoms with Crippen molar-refractivity contribution in [2.24, 2.45) is 0 Å². The number of pyridine rings is 1. The summed E-state index contributed by atoms with van der Waals surface area (Å²) in [4.78, 5) is 3.89. The normalized spacial score (nSPS) is 11.7. The van der Waals surface area contributed by atoms with Gasteiger partial charge in [0, 0.05) is 6.20 Å². The third kappa shape index (κ3) is 5.72. The van der Waals surface area contributed by atoms with Gasteiger partial charge in [0.2, 0.25) is 0 Å². The maximum Gasteiger partial charge on any atom is 0.129 e. The first-order valence-electron chi connectivity index (χ1n) is 4.88. The third-order valence-electron chi connectivity index (χ3n) is 1.78. The lowest BCUT2D eigenvalue weighted by Crippen LogP contribution is -2.26. The number of ether oxygens (including phenoxy) is 1. The van der Waals surface area contributed by atoms with Gasteiger partial charge in [0.05, 0.1) is 18.8 Å². The van der Waals surface area contributed by atoms with Gasteiger partial charge in [-0.3, -0.25) is 0 Å². The molecule has 0 unspecified atom stereocenters. The van der Waals surface area contributed by atoms with E-state index in [2.05, 4.69) is 4.98 Å². The van der Waals surface area contributed by atoms with Crippen LogP contribution in [-0.4, -0.2) is 28.9 Å². The zero-order valence-corrected chi connectivity index (χ0v) is 9.79. The molecule has 0 amide bonds. The second kappa shape index (κ2) is 5.45. The molecular formula is C11H16ClNO2. The molecule has 0 aromatic carbocycles. The van der Waals surface area contributed by atoms with E-state index in [9.17, 15) is 5.11 Å². The lowest BCUT2D eigenvalue weighted by Gasteiger charge is -2.16. The van der Waals surface area contributed by atoms with Crippen molar-refractivity contribution in [3.8, 4) is 0 Å². The number of nitrogens with zero attached hydrogens (tertiary/aromatic N) is 1. The predicted molar refractivity (Wildman–Crippen MR) is 60.1 cm³/mol. The number of halogens is 1. The zero-order chi connectivity index (χ0) is 11.3. The first kappa shape index (κ1) is 12.4. The molecule has 0 saturated heterocycles. The van der Waals surface area contributed by atoms with Crippen LogP contribution in [0.5, 0.6) is 0 Å². The Morgan fingerprint density at radius 3 is 2.87 bits per heavy atom. The molecular weight excluding hydrogens is 214 g/mol. The molecule has 1 aromatic heterocycles. The van der Waals surface area contributed by atoms with Gasteiger partial charge >= 0.3 is 0 Å². The van der Waals surface area contributed by atoms with Gasteiger partial charge in [-0.05, 0) is 38.0 Å². The van der Waals surface area contributed by atoms with Gasteiger partial charge in [-0.1, -0.05) is 11.6 Å². The van der Waals surface area contributed by atoms with Crippen LogP contribution in [0.15, 0.2) is 18.3 Å². The molecule has 0 aliphatic heterocycles. The van der Waals surface area contributed by atoms with Gasteiger partial charge in [0.15, 0.2) is 0 Å². The minimum Gasteiger partial charge on any atom is -0.388 e. The van der Waals surface area contributed by atoms with Crippen LogP contribution in [0.4, 0.5) is 0 Å². The lowest BCUT2D eigenvalue weighted by atomic mass is 10.1. The van der Waals surface area contributed by atoms with Gasteiger partial charge in [-0.2, -0.15) is 0 Å². The first-order valence-corrected chi connectivity index (χ1v) is 5.26. The van der Waals surface area contributed by atoms with Gasteiger partial charge in [0.25, 0.3) is 0 Å². The molecule has 1 N–H and O–H groups in total. The molecule has 0 spiro atoms. The van der Waals surface area contributed by atoms with Crippen molar-refractivity contribution < 1.29 is 9.84 Å². The van der Waals surface area contributed by atoms with E-state index in [4.69, 9.17) is 16.3 Å². The molecule has 1 rings (SSSR count). The summed E-state index contributed by atoms with van der Waals surface area (Å²) >= 11 is 5.74. The molecule has 0 fully saturated rings. The molecule has 1 heterocycles. The van der Waals surface area contributed by atoms with Crippen LogP contribution in [0.1, 0.15) is 19.4 Å². The van der Waals surface area contributed by atoms with Crippen LogP contribution in [0.2, 0.25) is 5.15 Å². The van der Waals surface area contributed by atoms with Crippen LogP contribution in [0.25, 0.3) is 0 Å². The van der Waals surface area contributed by atoms with Gasteiger partial charge in [-0.25, -0.2) is 4.98 Å². The molecule has 0 bridgehead atoms. The summed E-state index contributed by atoms with van der Waals surface area (Å²) < 4.78 is 5.33. The van der Waals surface area contributed by atoms with E-state index in [1.165, 1.54) is 0 Å². The van der Waals surface area contributed by atoms with Crippen molar-refractivity contribution in [1.29, 1.82) is 0 Å². The Balaban J connectivity index is 2.26. The highest BCUT2D eigenvalue weighted by Gasteiger charge is 2.11. The molecule has 3 nitrogen and oxygen atoms in total. The van der Waals surface area contributed by atoms with Crippen LogP contribution in [0.3, 0.4) is 0 Å². The monoisotopic (exact) mass is 229 g/mol. The maximum absolute atomic E-state index is 9.40. The lowest BCUT2D eigenvalue weighted by molar-refractivity contribution is -0.0198.